The summed E-state index contributed by atoms with van der Waals surface area (Å²) in [6.07, 6.45) is 8.17. The van der Waals surface area contributed by atoms with Crippen molar-refractivity contribution in [2.45, 2.75) is 57.6 Å². The number of aliphatic hydroxyl groups is 1. The fourth-order valence-electron chi connectivity index (χ4n) is 3.50. The Morgan fingerprint density at radius 3 is 2.68 bits per heavy atom. The molecule has 2 nitrogen and oxygen atoms in total. The fraction of sp³-hybridized carbons (Fsp3) is 0.647. The van der Waals surface area contributed by atoms with Crippen molar-refractivity contribution in [1.29, 1.82) is 0 Å². The van der Waals surface area contributed by atoms with Crippen LogP contribution in [-0.2, 0) is 19.4 Å². The zero-order valence-corrected chi connectivity index (χ0v) is 11.7. The van der Waals surface area contributed by atoms with Crippen LogP contribution in [0.2, 0.25) is 0 Å². The van der Waals surface area contributed by atoms with Gasteiger partial charge in [-0.3, -0.25) is 0 Å². The van der Waals surface area contributed by atoms with Gasteiger partial charge >= 0.3 is 0 Å². The van der Waals surface area contributed by atoms with Crippen LogP contribution in [0.25, 0.3) is 0 Å². The van der Waals surface area contributed by atoms with Gasteiger partial charge in [-0.2, -0.15) is 0 Å². The summed E-state index contributed by atoms with van der Waals surface area (Å²) in [5.74, 6) is 0.762. The minimum atomic E-state index is -0.0343. The van der Waals surface area contributed by atoms with E-state index < -0.39 is 0 Å². The van der Waals surface area contributed by atoms with Gasteiger partial charge in [0.1, 0.15) is 0 Å². The van der Waals surface area contributed by atoms with Crippen LogP contribution < -0.4 is 5.32 Å². The topological polar surface area (TPSA) is 32.3 Å². The molecule has 2 aliphatic carbocycles. The van der Waals surface area contributed by atoms with E-state index in [9.17, 15) is 5.11 Å². The Kier molecular flexibility index (Phi) is 4.19. The molecule has 1 aromatic rings. The molecule has 0 saturated heterocycles. The largest absolute Gasteiger partial charge is 0.393 e. The molecule has 0 spiro atoms. The molecule has 1 aromatic carbocycles. The van der Waals surface area contributed by atoms with E-state index >= 15 is 0 Å². The van der Waals surface area contributed by atoms with Gasteiger partial charge in [-0.25, -0.2) is 0 Å². The second-order valence-electron chi connectivity index (χ2n) is 6.26. The summed E-state index contributed by atoms with van der Waals surface area (Å²) in [5, 5.41) is 13.1. The van der Waals surface area contributed by atoms with Crippen molar-refractivity contribution in [3.05, 3.63) is 34.9 Å². The van der Waals surface area contributed by atoms with Gasteiger partial charge in [0.25, 0.3) is 0 Å². The lowest BCUT2D eigenvalue weighted by molar-refractivity contribution is 0.108. The molecular formula is C17H25NO. The standard InChI is InChI=1S/C17H25NO/c19-17-8-5-13(6-9-17)11-18-12-14-4-7-15-2-1-3-16(15)10-14/h4,7,10,13,17-19H,1-3,5-6,8-9,11-12H2. The van der Waals surface area contributed by atoms with Crippen LogP contribution in [0.3, 0.4) is 0 Å². The molecule has 0 heterocycles. The van der Waals surface area contributed by atoms with Crippen molar-refractivity contribution in [3.63, 3.8) is 0 Å². The fourth-order valence-corrected chi connectivity index (χ4v) is 3.50. The number of aliphatic hydroxyl groups excluding tert-OH is 1. The summed E-state index contributed by atoms with van der Waals surface area (Å²) in [4.78, 5) is 0. The third kappa shape index (κ3) is 3.37. The van der Waals surface area contributed by atoms with Crippen molar-refractivity contribution in [2.24, 2.45) is 5.92 Å². The van der Waals surface area contributed by atoms with Crippen molar-refractivity contribution >= 4 is 0 Å². The highest BCUT2D eigenvalue weighted by atomic mass is 16.3. The molecule has 104 valence electrons. The van der Waals surface area contributed by atoms with Crippen molar-refractivity contribution in [2.75, 3.05) is 6.54 Å². The Labute approximate surface area is 116 Å². The first-order chi connectivity index (χ1) is 9.31. The van der Waals surface area contributed by atoms with Gasteiger partial charge < -0.3 is 10.4 Å². The molecule has 19 heavy (non-hydrogen) atoms. The second-order valence-corrected chi connectivity index (χ2v) is 6.26. The highest BCUT2D eigenvalue weighted by Crippen LogP contribution is 2.24. The summed E-state index contributed by atoms with van der Waals surface area (Å²) < 4.78 is 0. The zero-order chi connectivity index (χ0) is 13.1. The summed E-state index contributed by atoms with van der Waals surface area (Å²) in [7, 11) is 0. The first-order valence-electron chi connectivity index (χ1n) is 7.81. The minimum Gasteiger partial charge on any atom is -0.393 e. The van der Waals surface area contributed by atoms with Crippen molar-refractivity contribution < 1.29 is 5.11 Å². The molecular weight excluding hydrogens is 234 g/mol. The molecule has 0 aromatic heterocycles. The first-order valence-corrected chi connectivity index (χ1v) is 7.81. The van der Waals surface area contributed by atoms with E-state index in [1.54, 1.807) is 11.1 Å². The lowest BCUT2D eigenvalue weighted by Crippen LogP contribution is -2.27. The van der Waals surface area contributed by atoms with Crippen LogP contribution in [0.5, 0.6) is 0 Å². The minimum absolute atomic E-state index is 0.0343. The Morgan fingerprint density at radius 2 is 1.84 bits per heavy atom. The molecule has 0 atom stereocenters. The summed E-state index contributed by atoms with van der Waals surface area (Å²) in [6, 6.07) is 6.98. The molecule has 3 rings (SSSR count). The molecule has 2 N–H and O–H groups in total. The summed E-state index contributed by atoms with van der Waals surface area (Å²) in [6.45, 7) is 2.09. The van der Waals surface area contributed by atoms with E-state index in [0.29, 0.717) is 0 Å². The quantitative estimate of drug-likeness (QED) is 0.871. The van der Waals surface area contributed by atoms with E-state index in [-0.39, 0.29) is 6.10 Å². The highest BCUT2D eigenvalue weighted by molar-refractivity contribution is 5.35. The summed E-state index contributed by atoms with van der Waals surface area (Å²) in [5.41, 5.74) is 4.56. The number of fused-ring (bicyclic) bond motifs is 1. The first kappa shape index (κ1) is 13.1. The van der Waals surface area contributed by atoms with E-state index in [1.807, 2.05) is 0 Å². The molecule has 1 fully saturated rings. The number of hydrogen-bond acceptors (Lipinski definition) is 2. The van der Waals surface area contributed by atoms with Crippen molar-refractivity contribution in [1.82, 2.24) is 5.32 Å². The third-order valence-electron chi connectivity index (χ3n) is 4.74. The molecule has 0 aliphatic heterocycles. The van der Waals surface area contributed by atoms with E-state index in [4.69, 9.17) is 0 Å². The monoisotopic (exact) mass is 259 g/mol. The molecule has 2 aliphatic rings. The van der Waals surface area contributed by atoms with Crippen LogP contribution in [0.1, 0.15) is 48.8 Å². The maximum Gasteiger partial charge on any atom is 0.0540 e. The Bertz CT molecular complexity index is 421. The van der Waals surface area contributed by atoms with E-state index in [1.165, 1.54) is 37.7 Å². The van der Waals surface area contributed by atoms with E-state index in [2.05, 4.69) is 23.5 Å². The molecule has 0 bridgehead atoms. The molecule has 0 unspecified atom stereocenters. The number of rotatable bonds is 4. The third-order valence-corrected chi connectivity index (χ3v) is 4.74. The van der Waals surface area contributed by atoms with Gasteiger partial charge in [-0.05, 0) is 74.1 Å². The maximum atomic E-state index is 9.50. The van der Waals surface area contributed by atoms with Gasteiger partial charge in [0.15, 0.2) is 0 Å². The maximum absolute atomic E-state index is 9.50. The lowest BCUT2D eigenvalue weighted by Gasteiger charge is -2.25. The molecule has 0 radical (unpaired) electrons. The second kappa shape index (κ2) is 6.06. The van der Waals surface area contributed by atoms with Crippen molar-refractivity contribution in [3.8, 4) is 0 Å². The number of hydrogen-bond donors (Lipinski definition) is 2. The van der Waals surface area contributed by atoms with Crippen LogP contribution in [-0.4, -0.2) is 17.8 Å². The molecule has 2 heteroatoms. The Balaban J connectivity index is 1.45. The normalized spacial score (nSPS) is 26.4. The van der Waals surface area contributed by atoms with Crippen LogP contribution >= 0.6 is 0 Å². The predicted octanol–water partition coefficient (Wildman–Crippen LogP) is 2.82. The van der Waals surface area contributed by atoms with Gasteiger partial charge in [0.2, 0.25) is 0 Å². The summed E-state index contributed by atoms with van der Waals surface area (Å²) >= 11 is 0. The van der Waals surface area contributed by atoms with Crippen LogP contribution in [0.4, 0.5) is 0 Å². The molecule has 0 amide bonds. The number of benzene rings is 1. The highest BCUT2D eigenvalue weighted by Gasteiger charge is 2.18. The zero-order valence-electron chi connectivity index (χ0n) is 11.7. The van der Waals surface area contributed by atoms with E-state index in [0.717, 1.165) is 31.8 Å². The predicted molar refractivity (Wildman–Crippen MR) is 78.1 cm³/mol. The smallest absolute Gasteiger partial charge is 0.0540 e. The SMILES string of the molecule is OC1CCC(CNCc2ccc3c(c2)CCC3)CC1. The van der Waals surface area contributed by atoms with Crippen LogP contribution in [0, 0.1) is 5.92 Å². The average molecular weight is 259 g/mol. The van der Waals surface area contributed by atoms with Crippen LogP contribution in [0.15, 0.2) is 18.2 Å². The van der Waals surface area contributed by atoms with Gasteiger partial charge in [0, 0.05) is 6.54 Å². The molecule has 1 saturated carbocycles. The Hall–Kier alpha value is -0.860. The number of aryl methyl sites for hydroxylation is 2. The van der Waals surface area contributed by atoms with Gasteiger partial charge in [0.05, 0.1) is 6.10 Å². The van der Waals surface area contributed by atoms with Gasteiger partial charge in [-0.15, -0.1) is 0 Å². The van der Waals surface area contributed by atoms with Gasteiger partial charge in [-0.1, -0.05) is 18.2 Å². The Morgan fingerprint density at radius 1 is 1.05 bits per heavy atom. The lowest BCUT2D eigenvalue weighted by atomic mass is 9.87. The number of nitrogens with one attached hydrogen (secondary N) is 1. The average Bonchev–Trinajstić information content (AvgIpc) is 2.88.